The van der Waals surface area contributed by atoms with Gasteiger partial charge in [0.15, 0.2) is 0 Å². The molecule has 0 saturated heterocycles. The van der Waals surface area contributed by atoms with Crippen LogP contribution in [0.3, 0.4) is 0 Å². The van der Waals surface area contributed by atoms with Crippen LogP contribution in [0.1, 0.15) is 31.9 Å². The van der Waals surface area contributed by atoms with Crippen molar-refractivity contribution in [2.45, 2.75) is 26.3 Å². The maximum atomic E-state index is 5.73. The van der Waals surface area contributed by atoms with E-state index in [-0.39, 0.29) is 6.04 Å². The van der Waals surface area contributed by atoms with Crippen molar-refractivity contribution in [2.24, 2.45) is 5.84 Å². The molecule has 0 amide bonds. The molecule has 108 valence electrons. The van der Waals surface area contributed by atoms with Crippen molar-refractivity contribution in [3.05, 3.63) is 42.1 Å². The molecule has 1 heterocycles. The van der Waals surface area contributed by atoms with E-state index >= 15 is 0 Å². The van der Waals surface area contributed by atoms with Crippen LogP contribution in [0, 0.1) is 0 Å². The van der Waals surface area contributed by atoms with Crippen LogP contribution in [0.2, 0.25) is 0 Å². The molecule has 0 aliphatic rings. The number of hydrogen-bond acceptors (Lipinski definition) is 4. The summed E-state index contributed by atoms with van der Waals surface area (Å²) in [5.74, 6) is 5.73. The zero-order valence-corrected chi connectivity index (χ0v) is 12.3. The van der Waals surface area contributed by atoms with E-state index in [9.17, 15) is 0 Å². The monoisotopic (exact) mass is 272 g/mol. The van der Waals surface area contributed by atoms with E-state index < -0.39 is 0 Å². The van der Waals surface area contributed by atoms with Crippen LogP contribution in [0.25, 0.3) is 10.9 Å². The average Bonchev–Trinajstić information content (AvgIpc) is 2.51. The van der Waals surface area contributed by atoms with Gasteiger partial charge >= 0.3 is 0 Å². The van der Waals surface area contributed by atoms with Gasteiger partial charge in [-0.2, -0.15) is 0 Å². The Morgan fingerprint density at radius 1 is 1.25 bits per heavy atom. The van der Waals surface area contributed by atoms with Gasteiger partial charge in [0.25, 0.3) is 0 Å². The van der Waals surface area contributed by atoms with Crippen LogP contribution >= 0.6 is 0 Å². The summed E-state index contributed by atoms with van der Waals surface area (Å²) >= 11 is 0. The highest BCUT2D eigenvalue weighted by atomic mass is 15.2. The molecule has 2 rings (SSSR count). The van der Waals surface area contributed by atoms with E-state index in [4.69, 9.17) is 5.84 Å². The van der Waals surface area contributed by atoms with Gasteiger partial charge in [0.2, 0.25) is 0 Å². The molecule has 3 N–H and O–H groups in total. The molecular weight excluding hydrogens is 248 g/mol. The average molecular weight is 272 g/mol. The van der Waals surface area contributed by atoms with E-state index in [1.54, 1.807) is 0 Å². The van der Waals surface area contributed by atoms with Crippen molar-refractivity contribution in [1.82, 2.24) is 15.3 Å². The number of hydrazine groups is 1. The lowest BCUT2D eigenvalue weighted by atomic mass is 10.0. The summed E-state index contributed by atoms with van der Waals surface area (Å²) in [5.41, 5.74) is 5.15. The highest BCUT2D eigenvalue weighted by Crippen LogP contribution is 2.21. The van der Waals surface area contributed by atoms with Gasteiger partial charge in [0.05, 0.1) is 5.52 Å². The van der Waals surface area contributed by atoms with Crippen molar-refractivity contribution in [3.63, 3.8) is 0 Å². The van der Waals surface area contributed by atoms with Crippen LogP contribution in [0.15, 0.2) is 36.5 Å². The number of rotatable bonds is 7. The summed E-state index contributed by atoms with van der Waals surface area (Å²) in [4.78, 5) is 6.81. The summed E-state index contributed by atoms with van der Waals surface area (Å²) in [5, 5.41) is 1.16. The van der Waals surface area contributed by atoms with Crippen LogP contribution in [0.4, 0.5) is 0 Å². The summed E-state index contributed by atoms with van der Waals surface area (Å²) in [6, 6.07) is 10.6. The van der Waals surface area contributed by atoms with E-state index in [1.807, 2.05) is 12.3 Å². The first kappa shape index (κ1) is 14.9. The molecule has 4 heteroatoms. The Morgan fingerprint density at radius 3 is 2.75 bits per heavy atom. The molecule has 20 heavy (non-hydrogen) atoms. The third kappa shape index (κ3) is 3.54. The number of fused-ring (bicyclic) bond motifs is 1. The number of pyridine rings is 1. The molecule has 1 aromatic carbocycles. The van der Waals surface area contributed by atoms with Crippen LogP contribution < -0.4 is 11.3 Å². The Kier molecular flexibility index (Phi) is 5.47. The molecule has 1 atom stereocenters. The lowest BCUT2D eigenvalue weighted by Gasteiger charge is -2.22. The van der Waals surface area contributed by atoms with Crippen molar-refractivity contribution >= 4 is 10.9 Å². The molecule has 1 aromatic heterocycles. The predicted molar refractivity (Wildman–Crippen MR) is 84.2 cm³/mol. The molecule has 0 aliphatic heterocycles. The summed E-state index contributed by atoms with van der Waals surface area (Å²) in [6.07, 6.45) is 2.82. The SMILES string of the molecule is CCN(CC)CCC(NN)c1ccc2cccnc2c1. The summed E-state index contributed by atoms with van der Waals surface area (Å²) in [6.45, 7) is 7.57. The highest BCUT2D eigenvalue weighted by molar-refractivity contribution is 5.78. The second-order valence-corrected chi connectivity index (χ2v) is 4.99. The van der Waals surface area contributed by atoms with Gasteiger partial charge in [-0.05, 0) is 43.8 Å². The maximum Gasteiger partial charge on any atom is 0.0705 e. The molecule has 0 radical (unpaired) electrons. The standard InChI is InChI=1S/C16H24N4/c1-3-20(4-2)11-9-15(19-17)14-8-7-13-6-5-10-18-16(13)12-14/h5-8,10,12,15,19H,3-4,9,11,17H2,1-2H3. The Bertz CT molecular complexity index is 537. The van der Waals surface area contributed by atoms with E-state index in [0.29, 0.717) is 0 Å². The molecule has 0 spiro atoms. The molecule has 0 fully saturated rings. The van der Waals surface area contributed by atoms with E-state index in [2.05, 4.69) is 53.4 Å². The minimum absolute atomic E-state index is 0.169. The molecule has 2 aromatic rings. The normalized spacial score (nSPS) is 13.0. The third-order valence-corrected chi connectivity index (χ3v) is 3.86. The first-order chi connectivity index (χ1) is 9.78. The van der Waals surface area contributed by atoms with Gasteiger partial charge < -0.3 is 4.90 Å². The van der Waals surface area contributed by atoms with Gasteiger partial charge in [-0.15, -0.1) is 0 Å². The smallest absolute Gasteiger partial charge is 0.0705 e. The Balaban J connectivity index is 2.12. The third-order valence-electron chi connectivity index (χ3n) is 3.86. The quantitative estimate of drug-likeness (QED) is 0.600. The second kappa shape index (κ2) is 7.33. The number of nitrogens with zero attached hydrogens (tertiary/aromatic N) is 2. The zero-order valence-electron chi connectivity index (χ0n) is 12.3. The van der Waals surface area contributed by atoms with E-state index in [0.717, 1.165) is 37.0 Å². The Hall–Kier alpha value is -1.49. The fraction of sp³-hybridized carbons (Fsp3) is 0.438. The van der Waals surface area contributed by atoms with Crippen molar-refractivity contribution in [3.8, 4) is 0 Å². The van der Waals surface area contributed by atoms with Crippen LogP contribution in [-0.4, -0.2) is 29.5 Å². The Labute approximate surface area is 121 Å². The molecule has 4 nitrogen and oxygen atoms in total. The zero-order chi connectivity index (χ0) is 14.4. The van der Waals surface area contributed by atoms with Gasteiger partial charge in [0, 0.05) is 17.6 Å². The number of nitrogens with one attached hydrogen (secondary N) is 1. The van der Waals surface area contributed by atoms with Crippen molar-refractivity contribution in [2.75, 3.05) is 19.6 Å². The minimum Gasteiger partial charge on any atom is -0.304 e. The fourth-order valence-electron chi connectivity index (χ4n) is 2.50. The van der Waals surface area contributed by atoms with Crippen LogP contribution in [-0.2, 0) is 0 Å². The number of hydrogen-bond donors (Lipinski definition) is 2. The van der Waals surface area contributed by atoms with Crippen molar-refractivity contribution < 1.29 is 0 Å². The lowest BCUT2D eigenvalue weighted by molar-refractivity contribution is 0.282. The largest absolute Gasteiger partial charge is 0.304 e. The predicted octanol–water partition coefficient (Wildman–Crippen LogP) is 2.47. The van der Waals surface area contributed by atoms with E-state index in [1.165, 1.54) is 5.56 Å². The van der Waals surface area contributed by atoms with Gasteiger partial charge in [-0.25, -0.2) is 0 Å². The maximum absolute atomic E-state index is 5.73. The fourth-order valence-corrected chi connectivity index (χ4v) is 2.50. The molecule has 0 saturated carbocycles. The second-order valence-electron chi connectivity index (χ2n) is 4.99. The molecule has 0 aliphatic carbocycles. The van der Waals surface area contributed by atoms with Gasteiger partial charge in [-0.1, -0.05) is 32.0 Å². The number of benzene rings is 1. The minimum atomic E-state index is 0.169. The van der Waals surface area contributed by atoms with Gasteiger partial charge in [0.1, 0.15) is 0 Å². The summed E-state index contributed by atoms with van der Waals surface area (Å²) in [7, 11) is 0. The Morgan fingerprint density at radius 2 is 2.05 bits per heavy atom. The van der Waals surface area contributed by atoms with Gasteiger partial charge in [-0.3, -0.25) is 16.3 Å². The molecule has 0 bridgehead atoms. The lowest BCUT2D eigenvalue weighted by Crippen LogP contribution is -2.32. The molecular formula is C16H24N4. The van der Waals surface area contributed by atoms with Crippen molar-refractivity contribution in [1.29, 1.82) is 0 Å². The molecule has 1 unspecified atom stereocenters. The number of nitrogens with two attached hydrogens (primary N) is 1. The number of aromatic nitrogens is 1. The topological polar surface area (TPSA) is 54.2 Å². The highest BCUT2D eigenvalue weighted by Gasteiger charge is 2.12. The van der Waals surface area contributed by atoms with Crippen LogP contribution in [0.5, 0.6) is 0 Å². The first-order valence-electron chi connectivity index (χ1n) is 7.31. The summed E-state index contributed by atoms with van der Waals surface area (Å²) < 4.78 is 0. The first-order valence-corrected chi connectivity index (χ1v) is 7.31.